The fourth-order valence-corrected chi connectivity index (χ4v) is 1.72. The van der Waals surface area contributed by atoms with Gasteiger partial charge < -0.3 is 20.4 Å². The molecule has 1 aliphatic rings. The quantitative estimate of drug-likeness (QED) is 0.526. The fraction of sp³-hybridized carbons (Fsp3) is 0.800. The van der Waals surface area contributed by atoms with Crippen molar-refractivity contribution < 1.29 is 19.8 Å². The molecule has 1 aliphatic heterocycles. The van der Waals surface area contributed by atoms with E-state index in [2.05, 4.69) is 5.32 Å². The second kappa shape index (κ2) is 5.81. The van der Waals surface area contributed by atoms with Crippen LogP contribution in [0.2, 0.25) is 0 Å². The van der Waals surface area contributed by atoms with Crippen LogP contribution in [0.3, 0.4) is 0 Å². The van der Waals surface area contributed by atoms with E-state index >= 15 is 0 Å². The lowest BCUT2D eigenvalue weighted by molar-refractivity contribution is -0.129. The first-order valence-electron chi connectivity index (χ1n) is 5.42. The zero-order chi connectivity index (χ0) is 12.1. The van der Waals surface area contributed by atoms with Gasteiger partial charge in [0.15, 0.2) is 0 Å². The number of likely N-dealkylation sites (tertiary alicyclic amines) is 1. The van der Waals surface area contributed by atoms with Crippen LogP contribution in [0.25, 0.3) is 0 Å². The molecule has 0 aliphatic carbocycles. The third-order valence-electron chi connectivity index (χ3n) is 2.75. The number of carbonyl (C=O) groups excluding carboxylic acids is 2. The first kappa shape index (κ1) is 12.9. The summed E-state index contributed by atoms with van der Waals surface area (Å²) in [6.45, 7) is 2.28. The number of rotatable bonds is 5. The first-order chi connectivity index (χ1) is 7.62. The van der Waals surface area contributed by atoms with Crippen LogP contribution in [-0.4, -0.2) is 59.3 Å². The maximum atomic E-state index is 11.7. The maximum Gasteiger partial charge on any atom is 0.225 e. The number of hydrogen-bond acceptors (Lipinski definition) is 4. The fourth-order valence-electron chi connectivity index (χ4n) is 1.72. The average molecular weight is 230 g/mol. The highest BCUT2D eigenvalue weighted by atomic mass is 16.3. The Balaban J connectivity index is 2.47. The van der Waals surface area contributed by atoms with Crippen LogP contribution in [0.4, 0.5) is 0 Å². The third-order valence-corrected chi connectivity index (χ3v) is 2.75. The number of nitrogens with zero attached hydrogens (tertiary/aromatic N) is 1. The highest BCUT2D eigenvalue weighted by Gasteiger charge is 2.33. The minimum absolute atomic E-state index is 0.0211. The van der Waals surface area contributed by atoms with Crippen molar-refractivity contribution in [1.82, 2.24) is 10.2 Å². The minimum Gasteiger partial charge on any atom is -0.394 e. The maximum absolute atomic E-state index is 11.7. The Bertz CT molecular complexity index is 266. The Morgan fingerprint density at radius 3 is 2.62 bits per heavy atom. The summed E-state index contributed by atoms with van der Waals surface area (Å²) in [7, 11) is 0. The Morgan fingerprint density at radius 2 is 2.19 bits per heavy atom. The standard InChI is InChI=1S/C10H18N2O4/c1-2-12-4-7(3-9(12)15)10(16)11-8(5-13)6-14/h7-8,13-14H,2-6H2,1H3,(H,11,16). The molecule has 1 unspecified atom stereocenters. The van der Waals surface area contributed by atoms with E-state index in [1.807, 2.05) is 6.92 Å². The summed E-state index contributed by atoms with van der Waals surface area (Å²) < 4.78 is 0. The lowest BCUT2D eigenvalue weighted by atomic mass is 10.1. The van der Waals surface area contributed by atoms with Gasteiger partial charge in [0.05, 0.1) is 25.2 Å². The van der Waals surface area contributed by atoms with Crippen molar-refractivity contribution >= 4 is 11.8 Å². The predicted molar refractivity (Wildman–Crippen MR) is 56.5 cm³/mol. The van der Waals surface area contributed by atoms with Crippen molar-refractivity contribution in [2.45, 2.75) is 19.4 Å². The van der Waals surface area contributed by atoms with E-state index in [1.165, 1.54) is 0 Å². The number of nitrogens with one attached hydrogen (secondary N) is 1. The van der Waals surface area contributed by atoms with Gasteiger partial charge in [-0.3, -0.25) is 9.59 Å². The smallest absolute Gasteiger partial charge is 0.225 e. The summed E-state index contributed by atoms with van der Waals surface area (Å²) in [5, 5.41) is 20.1. The van der Waals surface area contributed by atoms with Crippen LogP contribution in [0.1, 0.15) is 13.3 Å². The van der Waals surface area contributed by atoms with Gasteiger partial charge in [-0.2, -0.15) is 0 Å². The second-order valence-corrected chi connectivity index (χ2v) is 3.90. The minimum atomic E-state index is -0.640. The molecule has 6 nitrogen and oxygen atoms in total. The summed E-state index contributed by atoms with van der Waals surface area (Å²) in [4.78, 5) is 24.7. The molecule has 0 saturated carbocycles. The molecule has 2 amide bonds. The van der Waals surface area contributed by atoms with Crippen LogP contribution >= 0.6 is 0 Å². The highest BCUT2D eigenvalue weighted by molar-refractivity contribution is 5.89. The highest BCUT2D eigenvalue weighted by Crippen LogP contribution is 2.17. The third kappa shape index (κ3) is 2.93. The average Bonchev–Trinajstić information content (AvgIpc) is 2.67. The summed E-state index contributed by atoms with van der Waals surface area (Å²) >= 11 is 0. The van der Waals surface area contributed by atoms with Crippen LogP contribution in [-0.2, 0) is 9.59 Å². The summed E-state index contributed by atoms with van der Waals surface area (Å²) in [5.41, 5.74) is 0. The molecule has 1 saturated heterocycles. The van der Waals surface area contributed by atoms with E-state index in [0.717, 1.165) is 0 Å². The van der Waals surface area contributed by atoms with Gasteiger partial charge >= 0.3 is 0 Å². The Kier molecular flexibility index (Phi) is 4.70. The van der Waals surface area contributed by atoms with Crippen molar-refractivity contribution in [2.24, 2.45) is 5.92 Å². The van der Waals surface area contributed by atoms with Crippen molar-refractivity contribution in [2.75, 3.05) is 26.3 Å². The van der Waals surface area contributed by atoms with Gasteiger partial charge in [0, 0.05) is 19.5 Å². The van der Waals surface area contributed by atoms with Crippen LogP contribution in [0.5, 0.6) is 0 Å². The van der Waals surface area contributed by atoms with Crippen molar-refractivity contribution in [3.05, 3.63) is 0 Å². The number of amides is 2. The van der Waals surface area contributed by atoms with Crippen LogP contribution < -0.4 is 5.32 Å². The zero-order valence-corrected chi connectivity index (χ0v) is 9.35. The molecule has 0 bridgehead atoms. The van der Waals surface area contributed by atoms with E-state index in [-0.39, 0.29) is 37.4 Å². The second-order valence-electron chi connectivity index (χ2n) is 3.90. The molecule has 1 atom stereocenters. The molecule has 0 radical (unpaired) electrons. The molecule has 0 aromatic heterocycles. The van der Waals surface area contributed by atoms with Gasteiger partial charge in [-0.25, -0.2) is 0 Å². The Morgan fingerprint density at radius 1 is 1.56 bits per heavy atom. The largest absolute Gasteiger partial charge is 0.394 e. The molecule has 1 rings (SSSR count). The number of aliphatic hydroxyl groups excluding tert-OH is 2. The number of carbonyl (C=O) groups is 2. The van der Waals surface area contributed by atoms with Crippen molar-refractivity contribution in [3.63, 3.8) is 0 Å². The van der Waals surface area contributed by atoms with Gasteiger partial charge in [-0.05, 0) is 6.92 Å². The molecule has 16 heavy (non-hydrogen) atoms. The Labute approximate surface area is 94.2 Å². The van der Waals surface area contributed by atoms with Crippen LogP contribution in [0.15, 0.2) is 0 Å². The first-order valence-corrected chi connectivity index (χ1v) is 5.42. The molecule has 1 fully saturated rings. The van der Waals surface area contributed by atoms with Gasteiger partial charge in [0.2, 0.25) is 11.8 Å². The molecule has 1 heterocycles. The van der Waals surface area contributed by atoms with Gasteiger partial charge in [-0.1, -0.05) is 0 Å². The molecule has 3 N–H and O–H groups in total. The molecule has 92 valence electrons. The zero-order valence-electron chi connectivity index (χ0n) is 9.35. The van der Waals surface area contributed by atoms with E-state index in [1.54, 1.807) is 4.90 Å². The van der Waals surface area contributed by atoms with Gasteiger partial charge in [0.25, 0.3) is 0 Å². The van der Waals surface area contributed by atoms with Gasteiger partial charge in [0.1, 0.15) is 0 Å². The van der Waals surface area contributed by atoms with E-state index in [0.29, 0.717) is 13.1 Å². The van der Waals surface area contributed by atoms with Crippen LogP contribution in [0, 0.1) is 5.92 Å². The van der Waals surface area contributed by atoms with Crippen molar-refractivity contribution in [1.29, 1.82) is 0 Å². The van der Waals surface area contributed by atoms with E-state index in [4.69, 9.17) is 10.2 Å². The predicted octanol–water partition coefficient (Wildman–Crippen LogP) is -1.68. The molecule has 0 aromatic rings. The molecule has 0 spiro atoms. The Hall–Kier alpha value is -1.14. The number of aliphatic hydroxyl groups is 2. The SMILES string of the molecule is CCN1CC(C(=O)NC(CO)CO)CC1=O. The molecular weight excluding hydrogens is 212 g/mol. The molecule has 0 aromatic carbocycles. The molecular formula is C10H18N2O4. The normalized spacial score (nSPS) is 20.6. The van der Waals surface area contributed by atoms with Gasteiger partial charge in [-0.15, -0.1) is 0 Å². The summed E-state index contributed by atoms with van der Waals surface area (Å²) in [5.74, 6) is -0.669. The summed E-state index contributed by atoms with van der Waals surface area (Å²) in [6, 6.07) is -0.640. The molecule has 6 heteroatoms. The number of hydrogen-bond donors (Lipinski definition) is 3. The summed E-state index contributed by atoms with van der Waals surface area (Å²) in [6.07, 6.45) is 0.212. The topological polar surface area (TPSA) is 89.9 Å². The lowest BCUT2D eigenvalue weighted by Crippen LogP contribution is -2.43. The van der Waals surface area contributed by atoms with Crippen molar-refractivity contribution in [3.8, 4) is 0 Å². The lowest BCUT2D eigenvalue weighted by Gasteiger charge is -2.17. The van der Waals surface area contributed by atoms with E-state index < -0.39 is 6.04 Å². The van der Waals surface area contributed by atoms with E-state index in [9.17, 15) is 9.59 Å². The monoisotopic (exact) mass is 230 g/mol.